The van der Waals surface area contributed by atoms with Gasteiger partial charge in [-0.25, -0.2) is 0 Å². The highest BCUT2D eigenvalue weighted by Gasteiger charge is 2.20. The Morgan fingerprint density at radius 2 is 1.74 bits per heavy atom. The highest BCUT2D eigenvalue weighted by molar-refractivity contribution is 9.11. The molecule has 0 N–H and O–H groups in total. The van der Waals surface area contributed by atoms with E-state index in [2.05, 4.69) is 59.9 Å². The number of thiophene rings is 1. The SMILES string of the molecule is Brc1ccc(C(Br)c2cc3c(cc2Br)OCCO3)s1. The monoisotopic (exact) mass is 466 g/mol. The zero-order chi connectivity index (χ0) is 13.4. The van der Waals surface area contributed by atoms with Gasteiger partial charge in [0.1, 0.15) is 13.2 Å². The third-order valence-corrected chi connectivity index (χ3v) is 6.44. The van der Waals surface area contributed by atoms with Gasteiger partial charge in [0.2, 0.25) is 0 Å². The Morgan fingerprint density at radius 1 is 1.05 bits per heavy atom. The van der Waals surface area contributed by atoms with E-state index in [4.69, 9.17) is 9.47 Å². The summed E-state index contributed by atoms with van der Waals surface area (Å²) >= 11 is 12.6. The van der Waals surface area contributed by atoms with Crippen LogP contribution >= 0.6 is 59.1 Å². The summed E-state index contributed by atoms with van der Waals surface area (Å²) in [5.74, 6) is 1.61. The van der Waals surface area contributed by atoms with Gasteiger partial charge in [-0.1, -0.05) is 31.9 Å². The minimum atomic E-state index is 0.133. The smallest absolute Gasteiger partial charge is 0.162 e. The summed E-state index contributed by atoms with van der Waals surface area (Å²) in [6, 6.07) is 8.17. The topological polar surface area (TPSA) is 18.5 Å². The largest absolute Gasteiger partial charge is 0.486 e. The Balaban J connectivity index is 2.00. The summed E-state index contributed by atoms with van der Waals surface area (Å²) in [4.78, 5) is 1.37. The van der Waals surface area contributed by atoms with Crippen molar-refractivity contribution in [3.8, 4) is 11.5 Å². The second-order valence-corrected chi connectivity index (χ2v) is 8.29. The molecule has 0 amide bonds. The molecule has 100 valence electrons. The molecule has 2 nitrogen and oxygen atoms in total. The third-order valence-electron chi connectivity index (χ3n) is 2.78. The molecule has 1 unspecified atom stereocenters. The predicted octanol–water partition coefficient (Wildman–Crippen LogP) is 5.53. The average Bonchev–Trinajstić information content (AvgIpc) is 2.84. The molecular formula is C13H9Br3O2S. The van der Waals surface area contributed by atoms with Crippen LogP contribution in [-0.4, -0.2) is 13.2 Å². The van der Waals surface area contributed by atoms with Crippen LogP contribution in [0.15, 0.2) is 32.5 Å². The van der Waals surface area contributed by atoms with Crippen LogP contribution in [0.4, 0.5) is 0 Å². The van der Waals surface area contributed by atoms with Crippen LogP contribution in [-0.2, 0) is 0 Å². The second-order valence-electron chi connectivity index (χ2n) is 4.02. The zero-order valence-corrected chi connectivity index (χ0v) is 15.2. The Labute approximate surface area is 140 Å². The maximum atomic E-state index is 5.64. The van der Waals surface area contributed by atoms with Crippen LogP contribution < -0.4 is 9.47 Å². The normalized spacial score (nSPS) is 15.3. The Hall–Kier alpha value is -0.0400. The van der Waals surface area contributed by atoms with Crippen molar-refractivity contribution in [1.29, 1.82) is 0 Å². The minimum Gasteiger partial charge on any atom is -0.486 e. The Morgan fingerprint density at radius 3 is 2.37 bits per heavy atom. The average molecular weight is 469 g/mol. The fraction of sp³-hybridized carbons (Fsp3) is 0.231. The summed E-state index contributed by atoms with van der Waals surface area (Å²) in [5.41, 5.74) is 1.14. The molecule has 2 heterocycles. The van der Waals surface area contributed by atoms with Gasteiger partial charge in [-0.3, -0.25) is 0 Å². The number of rotatable bonds is 2. The van der Waals surface area contributed by atoms with Crippen molar-refractivity contribution in [1.82, 2.24) is 0 Å². The first-order valence-electron chi connectivity index (χ1n) is 5.63. The summed E-state index contributed by atoms with van der Waals surface area (Å²) in [5, 5.41) is 0. The van der Waals surface area contributed by atoms with E-state index < -0.39 is 0 Å². The Kier molecular flexibility index (Phi) is 4.22. The van der Waals surface area contributed by atoms with E-state index in [1.807, 2.05) is 12.1 Å². The summed E-state index contributed by atoms with van der Waals surface area (Å²) in [6.45, 7) is 1.21. The molecule has 0 fully saturated rings. The third kappa shape index (κ3) is 2.86. The first-order valence-corrected chi connectivity index (χ1v) is 8.95. The fourth-order valence-electron chi connectivity index (χ4n) is 1.89. The van der Waals surface area contributed by atoms with Crippen LogP contribution in [0.25, 0.3) is 0 Å². The van der Waals surface area contributed by atoms with E-state index in [0.717, 1.165) is 25.3 Å². The predicted molar refractivity (Wildman–Crippen MR) is 87.9 cm³/mol. The van der Waals surface area contributed by atoms with Gasteiger partial charge in [0, 0.05) is 9.35 Å². The van der Waals surface area contributed by atoms with Gasteiger partial charge < -0.3 is 9.47 Å². The van der Waals surface area contributed by atoms with E-state index in [9.17, 15) is 0 Å². The maximum Gasteiger partial charge on any atom is 0.162 e. The molecule has 0 radical (unpaired) electrons. The molecule has 0 spiro atoms. The van der Waals surface area contributed by atoms with Crippen molar-refractivity contribution in [2.24, 2.45) is 0 Å². The molecule has 1 aromatic heterocycles. The summed E-state index contributed by atoms with van der Waals surface area (Å²) in [7, 11) is 0. The molecule has 0 bridgehead atoms. The quantitative estimate of drug-likeness (QED) is 0.540. The van der Waals surface area contributed by atoms with Crippen LogP contribution in [0, 0.1) is 0 Å². The van der Waals surface area contributed by atoms with Gasteiger partial charge in [-0.05, 0) is 45.8 Å². The molecule has 19 heavy (non-hydrogen) atoms. The van der Waals surface area contributed by atoms with Gasteiger partial charge in [0.05, 0.1) is 8.61 Å². The van der Waals surface area contributed by atoms with Gasteiger partial charge in [-0.2, -0.15) is 0 Å². The number of ether oxygens (including phenoxy) is 2. The lowest BCUT2D eigenvalue weighted by molar-refractivity contribution is 0.171. The van der Waals surface area contributed by atoms with E-state index >= 15 is 0 Å². The molecule has 0 aliphatic carbocycles. The van der Waals surface area contributed by atoms with Gasteiger partial charge >= 0.3 is 0 Å². The van der Waals surface area contributed by atoms with Gasteiger partial charge in [-0.15, -0.1) is 11.3 Å². The summed E-state index contributed by atoms with van der Waals surface area (Å²) < 4.78 is 13.4. The zero-order valence-electron chi connectivity index (χ0n) is 9.66. The molecule has 3 rings (SSSR count). The minimum absolute atomic E-state index is 0.133. The van der Waals surface area contributed by atoms with E-state index in [0.29, 0.717) is 13.2 Å². The lowest BCUT2D eigenvalue weighted by Gasteiger charge is -2.21. The molecule has 6 heteroatoms. The number of benzene rings is 1. The first-order chi connectivity index (χ1) is 9.15. The molecular weight excluding hydrogens is 460 g/mol. The van der Waals surface area contributed by atoms with Crippen molar-refractivity contribution >= 4 is 59.1 Å². The van der Waals surface area contributed by atoms with Crippen molar-refractivity contribution in [2.75, 3.05) is 13.2 Å². The molecule has 1 atom stereocenters. The molecule has 0 saturated carbocycles. The summed E-state index contributed by atoms with van der Waals surface area (Å²) in [6.07, 6.45) is 0. The number of hydrogen-bond acceptors (Lipinski definition) is 3. The number of hydrogen-bond donors (Lipinski definition) is 0. The highest BCUT2D eigenvalue weighted by atomic mass is 79.9. The van der Waals surface area contributed by atoms with Crippen LogP contribution in [0.2, 0.25) is 0 Å². The van der Waals surface area contributed by atoms with Crippen molar-refractivity contribution in [2.45, 2.75) is 4.83 Å². The lowest BCUT2D eigenvalue weighted by atomic mass is 10.1. The number of fused-ring (bicyclic) bond motifs is 1. The highest BCUT2D eigenvalue weighted by Crippen LogP contribution is 2.44. The van der Waals surface area contributed by atoms with E-state index in [1.165, 1.54) is 4.88 Å². The fourth-order valence-corrected chi connectivity index (χ4v) is 4.98. The molecule has 1 aliphatic rings. The molecule has 1 aliphatic heterocycles. The Bertz CT molecular complexity index is 612. The second kappa shape index (κ2) is 5.76. The van der Waals surface area contributed by atoms with Gasteiger partial charge in [0.25, 0.3) is 0 Å². The van der Waals surface area contributed by atoms with Crippen LogP contribution in [0.5, 0.6) is 11.5 Å². The van der Waals surface area contributed by atoms with E-state index in [1.54, 1.807) is 11.3 Å². The van der Waals surface area contributed by atoms with Gasteiger partial charge in [0.15, 0.2) is 11.5 Å². The number of alkyl halides is 1. The molecule has 1 aromatic carbocycles. The van der Waals surface area contributed by atoms with E-state index in [-0.39, 0.29) is 4.83 Å². The first kappa shape index (κ1) is 13.9. The van der Waals surface area contributed by atoms with Crippen LogP contribution in [0.1, 0.15) is 15.3 Å². The lowest BCUT2D eigenvalue weighted by Crippen LogP contribution is -2.15. The van der Waals surface area contributed by atoms with Crippen LogP contribution in [0.3, 0.4) is 0 Å². The number of halogens is 3. The maximum absolute atomic E-state index is 5.64. The molecule has 0 saturated heterocycles. The van der Waals surface area contributed by atoms with Crippen molar-refractivity contribution in [3.63, 3.8) is 0 Å². The molecule has 2 aromatic rings. The standard InChI is InChI=1S/C13H9Br3O2S/c14-8-6-10-9(17-3-4-18-10)5-7(8)13(16)11-1-2-12(15)19-11/h1-2,5-6,13H,3-4H2. The van der Waals surface area contributed by atoms with Crippen molar-refractivity contribution < 1.29 is 9.47 Å². The van der Waals surface area contributed by atoms with Crippen molar-refractivity contribution in [3.05, 3.63) is 43.0 Å².